The van der Waals surface area contributed by atoms with Gasteiger partial charge in [-0.15, -0.1) is 0 Å². The monoisotopic (exact) mass is 327 g/mol. The first-order valence-electron chi connectivity index (χ1n) is 8.35. The van der Waals surface area contributed by atoms with Crippen molar-refractivity contribution < 1.29 is 14.7 Å². The third kappa shape index (κ3) is 2.44. The fraction of sp³-hybridized carbons (Fsp3) is 0.529. The maximum absolute atomic E-state index is 12.9. The van der Waals surface area contributed by atoms with E-state index in [0.717, 1.165) is 6.42 Å². The summed E-state index contributed by atoms with van der Waals surface area (Å²) in [5.41, 5.74) is 0. The number of fused-ring (bicyclic) bond motifs is 2. The zero-order chi connectivity index (χ0) is 16.7. The van der Waals surface area contributed by atoms with Gasteiger partial charge in [0.1, 0.15) is 0 Å². The number of carbonyl (C=O) groups is 2. The summed E-state index contributed by atoms with van der Waals surface area (Å²) in [5.74, 6) is -1.63. The number of aliphatic carboxylic acids is 1. The van der Waals surface area contributed by atoms with Crippen LogP contribution in [0.5, 0.6) is 0 Å². The number of rotatable bonds is 3. The molecule has 2 heterocycles. The second-order valence-corrected chi connectivity index (χ2v) is 6.68. The normalized spacial score (nSPS) is 31.5. The summed E-state index contributed by atoms with van der Waals surface area (Å²) in [4.78, 5) is 36.7. The van der Waals surface area contributed by atoms with Gasteiger partial charge in [0.25, 0.3) is 0 Å². The van der Waals surface area contributed by atoms with Gasteiger partial charge in [0.2, 0.25) is 11.9 Å². The van der Waals surface area contributed by atoms with E-state index in [-0.39, 0.29) is 17.7 Å². The molecule has 0 N–H and O–H groups in total. The van der Waals surface area contributed by atoms with E-state index >= 15 is 0 Å². The maximum atomic E-state index is 12.9. The van der Waals surface area contributed by atoms with Crippen LogP contribution in [0.1, 0.15) is 6.42 Å². The second-order valence-electron chi connectivity index (χ2n) is 6.68. The number of amides is 1. The Balaban J connectivity index is 1.43. The van der Waals surface area contributed by atoms with Gasteiger partial charge < -0.3 is 19.7 Å². The molecule has 1 saturated heterocycles. The van der Waals surface area contributed by atoms with E-state index in [1.54, 1.807) is 23.4 Å². The standard InChI is InChI=1S/C17H20N4O3/c22-15(13-11-2-3-12(10-11)14(13)16(23)24)20-6-8-21(9-7-20)17-18-4-1-5-19-17/h1-5,11-14H,6-10H2,(H,23,24)/p-1/t11-,12+,13-,14+/m1/s1. The van der Waals surface area contributed by atoms with Gasteiger partial charge in [0.15, 0.2) is 0 Å². The molecule has 126 valence electrons. The Bertz CT molecular complexity index is 670. The average Bonchev–Trinajstić information content (AvgIpc) is 3.23. The summed E-state index contributed by atoms with van der Waals surface area (Å²) in [5, 5.41) is 11.5. The number of nitrogens with zero attached hydrogens (tertiary/aromatic N) is 4. The maximum Gasteiger partial charge on any atom is 0.227 e. The van der Waals surface area contributed by atoms with Crippen LogP contribution < -0.4 is 10.0 Å². The van der Waals surface area contributed by atoms with Crippen LogP contribution in [0.3, 0.4) is 0 Å². The number of piperazine rings is 1. The van der Waals surface area contributed by atoms with Crippen molar-refractivity contribution in [1.29, 1.82) is 0 Å². The summed E-state index contributed by atoms with van der Waals surface area (Å²) in [6, 6.07) is 1.77. The molecule has 24 heavy (non-hydrogen) atoms. The van der Waals surface area contributed by atoms with E-state index < -0.39 is 17.8 Å². The van der Waals surface area contributed by atoms with Crippen molar-refractivity contribution in [1.82, 2.24) is 14.9 Å². The molecule has 0 spiro atoms. The molecule has 7 heteroatoms. The lowest BCUT2D eigenvalue weighted by Gasteiger charge is -2.38. The summed E-state index contributed by atoms with van der Waals surface area (Å²) < 4.78 is 0. The van der Waals surface area contributed by atoms with Gasteiger partial charge in [-0.05, 0) is 24.3 Å². The molecule has 0 radical (unpaired) electrons. The van der Waals surface area contributed by atoms with Gasteiger partial charge in [-0.1, -0.05) is 12.2 Å². The van der Waals surface area contributed by atoms with Crippen LogP contribution in [-0.4, -0.2) is 52.9 Å². The quantitative estimate of drug-likeness (QED) is 0.683. The average molecular weight is 327 g/mol. The highest BCUT2D eigenvalue weighted by atomic mass is 16.4. The highest BCUT2D eigenvalue weighted by Crippen LogP contribution is 2.48. The van der Waals surface area contributed by atoms with Crippen LogP contribution in [0.2, 0.25) is 0 Å². The lowest BCUT2D eigenvalue weighted by Crippen LogP contribution is -2.53. The summed E-state index contributed by atoms with van der Waals surface area (Å²) in [6.45, 7) is 2.44. The zero-order valence-electron chi connectivity index (χ0n) is 13.2. The molecule has 4 atom stereocenters. The molecule has 2 bridgehead atoms. The van der Waals surface area contributed by atoms with Crippen molar-refractivity contribution in [2.75, 3.05) is 31.1 Å². The molecule has 1 aliphatic heterocycles. The fourth-order valence-electron chi connectivity index (χ4n) is 4.27. The van der Waals surface area contributed by atoms with Crippen LogP contribution >= 0.6 is 0 Å². The molecular weight excluding hydrogens is 308 g/mol. The topological polar surface area (TPSA) is 89.5 Å². The first-order chi connectivity index (χ1) is 11.6. The van der Waals surface area contributed by atoms with Crippen molar-refractivity contribution in [3.63, 3.8) is 0 Å². The molecule has 1 amide bonds. The smallest absolute Gasteiger partial charge is 0.227 e. The number of allylic oxidation sites excluding steroid dienone is 2. The van der Waals surface area contributed by atoms with E-state index in [4.69, 9.17) is 0 Å². The molecule has 0 aromatic carbocycles. The molecule has 4 rings (SSSR count). The third-order valence-electron chi connectivity index (χ3n) is 5.44. The number of aromatic nitrogens is 2. The van der Waals surface area contributed by atoms with E-state index in [1.807, 2.05) is 17.1 Å². The van der Waals surface area contributed by atoms with E-state index in [0.29, 0.717) is 32.1 Å². The summed E-state index contributed by atoms with van der Waals surface area (Å²) in [6.07, 6.45) is 8.09. The van der Waals surface area contributed by atoms with Crippen LogP contribution in [0, 0.1) is 23.7 Å². The third-order valence-corrected chi connectivity index (χ3v) is 5.44. The molecule has 3 aliphatic rings. The van der Waals surface area contributed by atoms with Gasteiger partial charge in [-0.3, -0.25) is 4.79 Å². The van der Waals surface area contributed by atoms with Gasteiger partial charge in [-0.25, -0.2) is 9.97 Å². The lowest BCUT2D eigenvalue weighted by atomic mass is 9.82. The minimum atomic E-state index is -1.10. The Morgan fingerprint density at radius 3 is 2.25 bits per heavy atom. The highest BCUT2D eigenvalue weighted by Gasteiger charge is 2.50. The molecular formula is C17H19N4O3-. The minimum absolute atomic E-state index is 0.0425. The van der Waals surface area contributed by atoms with Gasteiger partial charge in [-0.2, -0.15) is 0 Å². The Kier molecular flexibility index (Phi) is 3.70. The van der Waals surface area contributed by atoms with Crippen molar-refractivity contribution in [2.45, 2.75) is 6.42 Å². The molecule has 7 nitrogen and oxygen atoms in total. The van der Waals surface area contributed by atoms with Crippen molar-refractivity contribution >= 4 is 17.8 Å². The minimum Gasteiger partial charge on any atom is -0.550 e. The van der Waals surface area contributed by atoms with Crippen LogP contribution in [0.4, 0.5) is 5.95 Å². The first-order valence-corrected chi connectivity index (χ1v) is 8.35. The first kappa shape index (κ1) is 15.1. The molecule has 1 saturated carbocycles. The number of carbonyl (C=O) groups excluding carboxylic acids is 2. The number of hydrogen-bond donors (Lipinski definition) is 0. The largest absolute Gasteiger partial charge is 0.550 e. The number of hydrogen-bond acceptors (Lipinski definition) is 6. The Morgan fingerprint density at radius 2 is 1.62 bits per heavy atom. The van der Waals surface area contributed by atoms with E-state index in [2.05, 4.69) is 9.97 Å². The van der Waals surface area contributed by atoms with E-state index in [1.165, 1.54) is 0 Å². The highest BCUT2D eigenvalue weighted by molar-refractivity contribution is 5.86. The summed E-state index contributed by atoms with van der Waals surface area (Å²) in [7, 11) is 0. The predicted octanol–water partition coefficient (Wildman–Crippen LogP) is -0.687. The van der Waals surface area contributed by atoms with E-state index in [9.17, 15) is 14.7 Å². The van der Waals surface area contributed by atoms with Gasteiger partial charge in [0.05, 0.1) is 5.92 Å². The van der Waals surface area contributed by atoms with Crippen LogP contribution in [0.25, 0.3) is 0 Å². The number of carboxylic acid groups (broad SMARTS) is 1. The summed E-state index contributed by atoms with van der Waals surface area (Å²) >= 11 is 0. The number of carboxylic acids is 1. The molecule has 2 aliphatic carbocycles. The SMILES string of the molecule is O=C([O-])[C@@H]1[C@H](C(=O)N2CCN(c3ncccn3)CC2)[C@@H]2C=C[C@H]1C2. The van der Waals surface area contributed by atoms with Gasteiger partial charge >= 0.3 is 0 Å². The van der Waals surface area contributed by atoms with Crippen molar-refractivity contribution in [3.05, 3.63) is 30.6 Å². The molecule has 2 fully saturated rings. The molecule has 1 aromatic rings. The zero-order valence-corrected chi connectivity index (χ0v) is 13.2. The lowest BCUT2D eigenvalue weighted by molar-refractivity contribution is -0.313. The number of anilines is 1. The molecule has 0 unspecified atom stereocenters. The Morgan fingerprint density at radius 1 is 1.00 bits per heavy atom. The van der Waals surface area contributed by atoms with Crippen LogP contribution in [-0.2, 0) is 9.59 Å². The Labute approximate surface area is 140 Å². The van der Waals surface area contributed by atoms with Crippen molar-refractivity contribution in [3.8, 4) is 0 Å². The fourth-order valence-corrected chi connectivity index (χ4v) is 4.27. The predicted molar refractivity (Wildman–Crippen MR) is 83.5 cm³/mol. The Hall–Kier alpha value is -2.44. The second kappa shape index (κ2) is 5.89. The van der Waals surface area contributed by atoms with Crippen LogP contribution in [0.15, 0.2) is 30.6 Å². The van der Waals surface area contributed by atoms with Crippen molar-refractivity contribution in [2.24, 2.45) is 23.7 Å². The molecule has 1 aromatic heterocycles. The van der Waals surface area contributed by atoms with Gasteiger partial charge in [0, 0.05) is 50.5 Å².